The second-order valence-corrected chi connectivity index (χ2v) is 9.03. The molecule has 0 bridgehead atoms. The maximum Gasteiger partial charge on any atom is 0.315 e. The summed E-state index contributed by atoms with van der Waals surface area (Å²) in [4.78, 5) is 37.1. The molecular weight excluding hydrogens is 340 g/mol. The van der Waals surface area contributed by atoms with Crippen molar-refractivity contribution in [2.75, 3.05) is 25.4 Å². The Kier molecular flexibility index (Phi) is 5.76. The number of nitrogens with zero attached hydrogens (tertiary/aromatic N) is 1. The van der Waals surface area contributed by atoms with Crippen molar-refractivity contribution >= 4 is 29.6 Å². The predicted octanol–water partition coefficient (Wildman–Crippen LogP) is 0.828. The number of hydrogen-bond acceptors (Lipinski definition) is 4. The van der Waals surface area contributed by atoms with Crippen molar-refractivity contribution in [3.63, 3.8) is 0 Å². The third-order valence-electron chi connectivity index (χ3n) is 5.55. The number of primary amides is 1. The van der Waals surface area contributed by atoms with E-state index in [0.29, 0.717) is 13.0 Å². The van der Waals surface area contributed by atoms with Gasteiger partial charge >= 0.3 is 6.03 Å². The Bertz CT molecular complexity index is 530. The number of carbonyl (C=O) groups is 3. The Labute approximate surface area is 152 Å². The molecule has 7 nitrogen and oxygen atoms in total. The van der Waals surface area contributed by atoms with Gasteiger partial charge in [-0.1, -0.05) is 0 Å². The van der Waals surface area contributed by atoms with Crippen LogP contribution in [-0.4, -0.2) is 58.9 Å². The number of nitrogens with one attached hydrogen (secondary N) is 2. The fourth-order valence-corrected chi connectivity index (χ4v) is 5.91. The van der Waals surface area contributed by atoms with Gasteiger partial charge in [0.05, 0.1) is 0 Å². The molecule has 1 atom stereocenters. The quantitative estimate of drug-likeness (QED) is 0.668. The molecule has 4 amide bonds. The van der Waals surface area contributed by atoms with Crippen molar-refractivity contribution < 1.29 is 14.4 Å². The molecule has 140 valence electrons. The van der Waals surface area contributed by atoms with Crippen LogP contribution in [0.3, 0.4) is 0 Å². The first-order chi connectivity index (χ1) is 12.0. The van der Waals surface area contributed by atoms with Crippen LogP contribution in [0, 0.1) is 5.92 Å². The van der Waals surface area contributed by atoms with Gasteiger partial charge in [-0.3, -0.25) is 9.59 Å². The first kappa shape index (κ1) is 18.4. The summed E-state index contributed by atoms with van der Waals surface area (Å²) in [7, 11) is 0. The van der Waals surface area contributed by atoms with Gasteiger partial charge < -0.3 is 21.3 Å². The number of amides is 4. The van der Waals surface area contributed by atoms with Crippen molar-refractivity contribution in [3.8, 4) is 0 Å². The first-order valence-corrected chi connectivity index (χ1v) is 10.2. The number of urea groups is 1. The molecule has 3 fully saturated rings. The summed E-state index contributed by atoms with van der Waals surface area (Å²) in [5.74, 6) is 0.903. The largest absolute Gasteiger partial charge is 0.369 e. The van der Waals surface area contributed by atoms with Gasteiger partial charge in [0.15, 0.2) is 0 Å². The number of thioether (sulfide) groups is 1. The lowest BCUT2D eigenvalue weighted by molar-refractivity contribution is -0.130. The van der Waals surface area contributed by atoms with Gasteiger partial charge in [0.25, 0.3) is 0 Å². The van der Waals surface area contributed by atoms with Crippen LogP contribution in [-0.2, 0) is 9.59 Å². The van der Waals surface area contributed by atoms with Crippen LogP contribution in [0.2, 0.25) is 0 Å². The molecule has 8 heteroatoms. The Hall–Kier alpha value is -1.44. The van der Waals surface area contributed by atoms with Gasteiger partial charge in [-0.15, -0.1) is 0 Å². The standard InChI is InChI=1S/C17H28N4O3S/c18-15(23)12-9-17(10-12)11-13(4-8-25-17)20-16(24)19-5-3-14(22)21-6-1-2-7-21/h12-13H,1-11H2,(H2,18,23)(H2,19,20,24). The van der Waals surface area contributed by atoms with Crippen molar-refractivity contribution in [3.05, 3.63) is 0 Å². The zero-order valence-electron chi connectivity index (χ0n) is 14.6. The van der Waals surface area contributed by atoms with Gasteiger partial charge in [0.2, 0.25) is 11.8 Å². The van der Waals surface area contributed by atoms with Crippen molar-refractivity contribution in [1.82, 2.24) is 15.5 Å². The summed E-state index contributed by atoms with van der Waals surface area (Å²) in [5, 5.41) is 5.82. The molecule has 4 N–H and O–H groups in total. The smallest absolute Gasteiger partial charge is 0.315 e. The van der Waals surface area contributed by atoms with E-state index in [1.165, 1.54) is 0 Å². The van der Waals surface area contributed by atoms with Gasteiger partial charge in [-0.05, 0) is 44.3 Å². The van der Waals surface area contributed by atoms with Crippen LogP contribution < -0.4 is 16.4 Å². The fraction of sp³-hybridized carbons (Fsp3) is 0.824. The maximum atomic E-state index is 12.1. The van der Waals surface area contributed by atoms with Gasteiger partial charge in [0.1, 0.15) is 0 Å². The summed E-state index contributed by atoms with van der Waals surface area (Å²) in [5.41, 5.74) is 5.37. The highest BCUT2D eigenvalue weighted by atomic mass is 32.2. The molecule has 2 heterocycles. The maximum absolute atomic E-state index is 12.1. The topological polar surface area (TPSA) is 105 Å². The van der Waals surface area contributed by atoms with Crippen molar-refractivity contribution in [1.29, 1.82) is 0 Å². The minimum atomic E-state index is -0.207. The molecule has 0 aromatic carbocycles. The molecule has 1 spiro atoms. The summed E-state index contributed by atoms with van der Waals surface area (Å²) in [6.07, 6.45) is 6.01. The Morgan fingerprint density at radius 1 is 1.16 bits per heavy atom. The summed E-state index contributed by atoms with van der Waals surface area (Å²) >= 11 is 1.91. The highest BCUT2D eigenvalue weighted by molar-refractivity contribution is 8.00. The van der Waals surface area contributed by atoms with Crippen LogP contribution in [0.25, 0.3) is 0 Å². The Morgan fingerprint density at radius 2 is 1.88 bits per heavy atom. The van der Waals surface area contributed by atoms with Crippen LogP contribution >= 0.6 is 11.8 Å². The minimum Gasteiger partial charge on any atom is -0.369 e. The van der Waals surface area contributed by atoms with Crippen molar-refractivity contribution in [2.24, 2.45) is 11.7 Å². The van der Waals surface area contributed by atoms with E-state index in [4.69, 9.17) is 5.73 Å². The average Bonchev–Trinajstić information content (AvgIpc) is 3.07. The first-order valence-electron chi connectivity index (χ1n) is 9.23. The molecular formula is C17H28N4O3S. The van der Waals surface area contributed by atoms with Crippen LogP contribution in [0.15, 0.2) is 0 Å². The average molecular weight is 369 g/mol. The highest BCUT2D eigenvalue weighted by Gasteiger charge is 2.49. The highest BCUT2D eigenvalue weighted by Crippen LogP contribution is 2.53. The molecule has 0 aromatic rings. The monoisotopic (exact) mass is 368 g/mol. The molecule has 2 saturated heterocycles. The molecule has 1 saturated carbocycles. The number of hydrogen-bond donors (Lipinski definition) is 3. The van der Waals surface area contributed by atoms with E-state index in [1.54, 1.807) is 0 Å². The molecule has 1 aliphatic carbocycles. The molecule has 3 aliphatic rings. The zero-order chi connectivity index (χ0) is 17.9. The third-order valence-corrected chi connectivity index (χ3v) is 7.10. The SMILES string of the molecule is NC(=O)C1CC2(CC(NC(=O)NCCC(=O)N3CCCC3)CCS2)C1. The molecule has 3 rings (SSSR count). The van der Waals surface area contributed by atoms with E-state index < -0.39 is 0 Å². The number of rotatable bonds is 5. The number of carbonyl (C=O) groups excluding carboxylic acids is 3. The second-order valence-electron chi connectivity index (χ2n) is 7.47. The molecule has 2 aliphatic heterocycles. The van der Waals surface area contributed by atoms with Crippen LogP contribution in [0.5, 0.6) is 0 Å². The van der Waals surface area contributed by atoms with Gasteiger partial charge in [-0.25, -0.2) is 4.79 Å². The second kappa shape index (κ2) is 7.85. The molecule has 0 radical (unpaired) electrons. The lowest BCUT2D eigenvalue weighted by Gasteiger charge is -2.50. The summed E-state index contributed by atoms with van der Waals surface area (Å²) in [6.45, 7) is 2.07. The lowest BCUT2D eigenvalue weighted by atomic mass is 9.70. The lowest BCUT2D eigenvalue weighted by Crippen LogP contribution is -2.54. The molecule has 25 heavy (non-hydrogen) atoms. The molecule has 1 unspecified atom stereocenters. The van der Waals surface area contributed by atoms with E-state index in [1.807, 2.05) is 16.7 Å². The van der Waals surface area contributed by atoms with Crippen molar-refractivity contribution in [2.45, 2.75) is 55.7 Å². The minimum absolute atomic E-state index is 0.00308. The Morgan fingerprint density at radius 3 is 2.56 bits per heavy atom. The van der Waals surface area contributed by atoms with Gasteiger partial charge in [-0.2, -0.15) is 11.8 Å². The van der Waals surface area contributed by atoms with E-state index in [2.05, 4.69) is 10.6 Å². The van der Waals surface area contributed by atoms with Crippen LogP contribution in [0.4, 0.5) is 4.79 Å². The summed E-state index contributed by atoms with van der Waals surface area (Å²) in [6, 6.07) is -0.0728. The number of nitrogens with two attached hydrogens (primary N) is 1. The summed E-state index contributed by atoms with van der Waals surface area (Å²) < 4.78 is 0.113. The fourth-order valence-electron chi connectivity index (χ4n) is 4.12. The zero-order valence-corrected chi connectivity index (χ0v) is 15.4. The Balaban J connectivity index is 1.35. The van der Waals surface area contributed by atoms with E-state index in [0.717, 1.165) is 57.4 Å². The third kappa shape index (κ3) is 4.59. The predicted molar refractivity (Wildman–Crippen MR) is 97.1 cm³/mol. The van der Waals surface area contributed by atoms with Crippen LogP contribution in [0.1, 0.15) is 44.9 Å². The number of likely N-dealkylation sites (tertiary alicyclic amines) is 1. The van der Waals surface area contributed by atoms with E-state index >= 15 is 0 Å². The molecule has 0 aromatic heterocycles. The van der Waals surface area contributed by atoms with E-state index in [9.17, 15) is 14.4 Å². The normalized spacial score (nSPS) is 31.4. The van der Waals surface area contributed by atoms with Gasteiger partial charge in [0, 0.05) is 42.8 Å². The van der Waals surface area contributed by atoms with E-state index in [-0.39, 0.29) is 34.6 Å².